The molecule has 2 aliphatic heterocycles. The fourth-order valence-corrected chi connectivity index (χ4v) is 5.53. The summed E-state index contributed by atoms with van der Waals surface area (Å²) in [6.07, 6.45) is 2.53. The second-order valence-corrected chi connectivity index (χ2v) is 10.3. The standard InChI is InChI=1S/C24H28N4O5S/c25-23(26)17-6-4-16(5-7-17)13-19(29)15-28-11-2-1-3-21(24(28)30)27-34(31,32)20-8-9-22-18(14-20)10-12-33-22/h4-9,14,21,27H,1-3,10-13,15H2,(H3,25,26)/t21-/m0/s1. The van der Waals surface area contributed by atoms with E-state index < -0.39 is 16.1 Å². The van der Waals surface area contributed by atoms with Gasteiger partial charge in [-0.05, 0) is 48.6 Å². The zero-order valence-electron chi connectivity index (χ0n) is 18.7. The van der Waals surface area contributed by atoms with E-state index in [-0.39, 0.29) is 35.4 Å². The lowest BCUT2D eigenvalue weighted by Gasteiger charge is -2.24. The lowest BCUT2D eigenvalue weighted by atomic mass is 10.1. The Balaban J connectivity index is 1.41. The molecule has 9 nitrogen and oxygen atoms in total. The molecule has 1 fully saturated rings. The number of sulfonamides is 1. The molecule has 0 radical (unpaired) electrons. The second kappa shape index (κ2) is 9.94. The third-order valence-electron chi connectivity index (χ3n) is 6.08. The van der Waals surface area contributed by atoms with Gasteiger partial charge < -0.3 is 15.4 Å². The van der Waals surface area contributed by atoms with E-state index in [2.05, 4.69) is 4.72 Å². The lowest BCUT2D eigenvalue weighted by Crippen LogP contribution is -2.48. The van der Waals surface area contributed by atoms with Crippen LogP contribution in [0.3, 0.4) is 0 Å². The molecule has 0 saturated carbocycles. The molecule has 1 amide bonds. The Hall–Kier alpha value is -3.24. The molecule has 2 aliphatic rings. The first-order chi connectivity index (χ1) is 16.2. The summed E-state index contributed by atoms with van der Waals surface area (Å²) in [5.74, 6) is 0.108. The molecule has 34 heavy (non-hydrogen) atoms. The van der Waals surface area contributed by atoms with E-state index in [1.54, 1.807) is 36.4 Å². The Morgan fingerprint density at radius 1 is 1.18 bits per heavy atom. The fraction of sp³-hybridized carbons (Fsp3) is 0.375. The normalized spacial score (nSPS) is 18.2. The average Bonchev–Trinajstić information content (AvgIpc) is 3.21. The number of carbonyl (C=O) groups excluding carboxylic acids is 2. The zero-order chi connectivity index (χ0) is 24.3. The van der Waals surface area contributed by atoms with Crippen molar-refractivity contribution in [3.8, 4) is 5.75 Å². The van der Waals surface area contributed by atoms with Crippen LogP contribution in [-0.2, 0) is 32.5 Å². The van der Waals surface area contributed by atoms with Crippen molar-refractivity contribution in [3.05, 3.63) is 59.2 Å². The predicted octanol–water partition coefficient (Wildman–Crippen LogP) is 1.38. The molecule has 4 N–H and O–H groups in total. The molecule has 2 aromatic rings. The number of Topliss-reactive ketones (excluding diaryl/α,β-unsaturated/α-hetero) is 1. The van der Waals surface area contributed by atoms with Gasteiger partial charge in [-0.15, -0.1) is 0 Å². The molecule has 2 aromatic carbocycles. The van der Waals surface area contributed by atoms with Gasteiger partial charge in [0.15, 0.2) is 5.78 Å². The van der Waals surface area contributed by atoms with Crippen LogP contribution in [0.25, 0.3) is 0 Å². The molecule has 1 saturated heterocycles. The maximum Gasteiger partial charge on any atom is 0.241 e. The van der Waals surface area contributed by atoms with Crippen molar-refractivity contribution in [1.82, 2.24) is 9.62 Å². The zero-order valence-corrected chi connectivity index (χ0v) is 19.6. The molecule has 0 aliphatic carbocycles. The smallest absolute Gasteiger partial charge is 0.241 e. The minimum atomic E-state index is -3.91. The third-order valence-corrected chi connectivity index (χ3v) is 7.55. The number of ether oxygens (including phenoxy) is 1. The van der Waals surface area contributed by atoms with Crippen molar-refractivity contribution < 1.29 is 22.7 Å². The number of nitrogens with two attached hydrogens (primary N) is 1. The molecule has 10 heteroatoms. The van der Waals surface area contributed by atoms with Gasteiger partial charge in [0.25, 0.3) is 0 Å². The summed E-state index contributed by atoms with van der Waals surface area (Å²) >= 11 is 0. The molecule has 0 spiro atoms. The number of carbonyl (C=O) groups is 2. The molecule has 1 atom stereocenters. The largest absolute Gasteiger partial charge is 0.493 e. The van der Waals surface area contributed by atoms with E-state index in [1.165, 1.54) is 11.0 Å². The minimum absolute atomic E-state index is 0.0465. The summed E-state index contributed by atoms with van der Waals surface area (Å²) in [4.78, 5) is 27.4. The summed E-state index contributed by atoms with van der Waals surface area (Å²) in [5, 5.41) is 7.44. The van der Waals surface area contributed by atoms with Crippen LogP contribution in [0.5, 0.6) is 5.75 Å². The monoisotopic (exact) mass is 484 g/mol. The summed E-state index contributed by atoms with van der Waals surface area (Å²) in [6.45, 7) is 0.848. The number of nitrogen functional groups attached to an aromatic ring is 1. The Kier molecular flexibility index (Phi) is 6.99. The van der Waals surface area contributed by atoms with E-state index >= 15 is 0 Å². The first-order valence-electron chi connectivity index (χ1n) is 11.2. The van der Waals surface area contributed by atoms with Gasteiger partial charge in [0.05, 0.1) is 18.0 Å². The highest BCUT2D eigenvalue weighted by molar-refractivity contribution is 7.89. The van der Waals surface area contributed by atoms with Gasteiger partial charge in [-0.3, -0.25) is 15.0 Å². The molecule has 180 valence electrons. The number of rotatable bonds is 8. The van der Waals surface area contributed by atoms with E-state index in [0.717, 1.165) is 11.1 Å². The number of hydrogen-bond acceptors (Lipinski definition) is 6. The van der Waals surface area contributed by atoms with Crippen LogP contribution >= 0.6 is 0 Å². The Bertz CT molecular complexity index is 1210. The molecule has 2 heterocycles. The van der Waals surface area contributed by atoms with Crippen molar-refractivity contribution in [3.63, 3.8) is 0 Å². The van der Waals surface area contributed by atoms with Crippen LogP contribution in [0, 0.1) is 5.41 Å². The van der Waals surface area contributed by atoms with E-state index in [1.807, 2.05) is 0 Å². The quantitative estimate of drug-likeness (QED) is 0.382. The number of likely N-dealkylation sites (tertiary alicyclic amines) is 1. The highest BCUT2D eigenvalue weighted by Crippen LogP contribution is 2.28. The highest BCUT2D eigenvalue weighted by Gasteiger charge is 2.32. The van der Waals surface area contributed by atoms with Crippen LogP contribution < -0.4 is 15.2 Å². The van der Waals surface area contributed by atoms with Crippen LogP contribution in [0.15, 0.2) is 47.4 Å². The average molecular weight is 485 g/mol. The third kappa shape index (κ3) is 5.45. The summed E-state index contributed by atoms with van der Waals surface area (Å²) in [7, 11) is -3.91. The van der Waals surface area contributed by atoms with Gasteiger partial charge in [0.2, 0.25) is 15.9 Å². The second-order valence-electron chi connectivity index (χ2n) is 8.62. The molecule has 0 aromatic heterocycles. The van der Waals surface area contributed by atoms with Crippen molar-refractivity contribution in [2.45, 2.75) is 43.0 Å². The molecule has 0 unspecified atom stereocenters. The number of benzene rings is 2. The van der Waals surface area contributed by atoms with E-state index in [0.29, 0.717) is 50.1 Å². The number of fused-ring (bicyclic) bond motifs is 1. The van der Waals surface area contributed by atoms with Crippen LogP contribution in [0.1, 0.15) is 36.0 Å². The maximum atomic E-state index is 13.1. The van der Waals surface area contributed by atoms with Gasteiger partial charge in [0, 0.05) is 24.9 Å². The SMILES string of the molecule is N=C(N)c1ccc(CC(=O)CN2CCCC[C@H](NS(=O)(=O)c3ccc4c(c3)CCO4)C2=O)cc1. The van der Waals surface area contributed by atoms with Gasteiger partial charge >= 0.3 is 0 Å². The van der Waals surface area contributed by atoms with E-state index in [4.69, 9.17) is 15.9 Å². The van der Waals surface area contributed by atoms with Crippen molar-refractivity contribution in [2.75, 3.05) is 19.7 Å². The van der Waals surface area contributed by atoms with Crippen LogP contribution in [0.2, 0.25) is 0 Å². The van der Waals surface area contributed by atoms with Crippen LogP contribution in [-0.4, -0.2) is 56.6 Å². The highest BCUT2D eigenvalue weighted by atomic mass is 32.2. The first kappa shape index (κ1) is 23.9. The Labute approximate surface area is 198 Å². The number of nitrogens with zero attached hydrogens (tertiary/aromatic N) is 1. The van der Waals surface area contributed by atoms with E-state index in [9.17, 15) is 18.0 Å². The van der Waals surface area contributed by atoms with Gasteiger partial charge in [-0.25, -0.2) is 8.42 Å². The maximum absolute atomic E-state index is 13.1. The first-order valence-corrected chi connectivity index (χ1v) is 12.7. The summed E-state index contributed by atoms with van der Waals surface area (Å²) < 4.78 is 34.0. The number of amidine groups is 1. The van der Waals surface area contributed by atoms with Crippen LogP contribution in [0.4, 0.5) is 0 Å². The topological polar surface area (TPSA) is 143 Å². The fourth-order valence-electron chi connectivity index (χ4n) is 4.26. The molecular formula is C24H28N4O5S. The van der Waals surface area contributed by atoms with Crippen molar-refractivity contribution >= 4 is 27.5 Å². The summed E-state index contributed by atoms with van der Waals surface area (Å²) in [6, 6.07) is 10.6. The molecular weight excluding hydrogens is 456 g/mol. The number of nitrogens with one attached hydrogen (secondary N) is 2. The van der Waals surface area contributed by atoms with Gasteiger partial charge in [-0.2, -0.15) is 4.72 Å². The number of ketones is 1. The number of amides is 1. The summed E-state index contributed by atoms with van der Waals surface area (Å²) in [5.41, 5.74) is 7.62. The van der Waals surface area contributed by atoms with Crippen molar-refractivity contribution in [1.29, 1.82) is 5.41 Å². The number of hydrogen-bond donors (Lipinski definition) is 3. The Morgan fingerprint density at radius 2 is 1.94 bits per heavy atom. The van der Waals surface area contributed by atoms with Crippen molar-refractivity contribution in [2.24, 2.45) is 5.73 Å². The molecule has 0 bridgehead atoms. The predicted molar refractivity (Wildman–Crippen MR) is 126 cm³/mol. The minimum Gasteiger partial charge on any atom is -0.493 e. The molecule has 4 rings (SSSR count). The van der Waals surface area contributed by atoms with Gasteiger partial charge in [0.1, 0.15) is 17.6 Å². The lowest BCUT2D eigenvalue weighted by molar-refractivity contribution is -0.136. The van der Waals surface area contributed by atoms with Gasteiger partial charge in [-0.1, -0.05) is 24.3 Å². The Morgan fingerprint density at radius 3 is 2.68 bits per heavy atom.